The molecule has 0 amide bonds. The highest BCUT2D eigenvalue weighted by Gasteiger charge is 2.38. The lowest BCUT2D eigenvalue weighted by molar-refractivity contribution is -0.193. The summed E-state index contributed by atoms with van der Waals surface area (Å²) in [5.74, 6) is -5.76. The first-order valence-corrected chi connectivity index (χ1v) is 12.9. The van der Waals surface area contributed by atoms with Crippen LogP contribution in [-0.4, -0.2) is 70.9 Å². The van der Waals surface area contributed by atoms with Crippen LogP contribution in [0.2, 0.25) is 0 Å². The van der Waals surface area contributed by atoms with E-state index >= 15 is 0 Å². The lowest BCUT2D eigenvalue weighted by Gasteiger charge is -2.15. The van der Waals surface area contributed by atoms with E-state index in [0.29, 0.717) is 22.3 Å². The molecular formula is C28H24F8N4O5. The minimum atomic E-state index is -5.08. The minimum Gasteiger partial charge on any atom is -0.475 e. The van der Waals surface area contributed by atoms with Crippen LogP contribution in [0.5, 0.6) is 0 Å². The van der Waals surface area contributed by atoms with Crippen molar-refractivity contribution in [3.8, 4) is 22.9 Å². The number of hydrogen-bond acceptors (Lipinski definition) is 7. The number of aliphatic carboxylic acids is 2. The largest absolute Gasteiger partial charge is 0.490 e. The van der Waals surface area contributed by atoms with Crippen molar-refractivity contribution in [1.29, 1.82) is 0 Å². The average Bonchev–Trinajstić information content (AvgIpc) is 3.48. The summed E-state index contributed by atoms with van der Waals surface area (Å²) in [5.41, 5.74) is 4.16. The molecular weight excluding hydrogens is 624 g/mol. The number of carbonyl (C=O) groups is 2. The van der Waals surface area contributed by atoms with Gasteiger partial charge in [-0.15, -0.1) is 10.2 Å². The van der Waals surface area contributed by atoms with E-state index in [0.717, 1.165) is 50.2 Å². The van der Waals surface area contributed by atoms with Gasteiger partial charge in [-0.25, -0.2) is 18.4 Å². The number of aromatic nitrogens is 2. The van der Waals surface area contributed by atoms with Crippen molar-refractivity contribution in [3.05, 3.63) is 71.3 Å². The molecule has 0 fully saturated rings. The number of halogens is 8. The SMILES string of the molecule is Fc1cc(-c2nnc(-c3ccc(C4=CCNCC4)c(F)c3)o2)ccc1C1=CCNCC1.O=C(O)C(F)(F)F.O=C(O)C(F)(F)F. The number of alkyl halides is 6. The van der Waals surface area contributed by atoms with Crippen molar-refractivity contribution in [2.45, 2.75) is 25.2 Å². The Morgan fingerprint density at radius 2 is 1.04 bits per heavy atom. The minimum absolute atomic E-state index is 0.199. The van der Waals surface area contributed by atoms with E-state index in [1.54, 1.807) is 24.3 Å². The van der Waals surface area contributed by atoms with Gasteiger partial charge in [-0.3, -0.25) is 0 Å². The van der Waals surface area contributed by atoms with Gasteiger partial charge in [-0.1, -0.05) is 24.3 Å². The number of hydrogen-bond donors (Lipinski definition) is 4. The van der Waals surface area contributed by atoms with Gasteiger partial charge < -0.3 is 25.3 Å². The predicted octanol–water partition coefficient (Wildman–Crippen LogP) is 5.70. The summed E-state index contributed by atoms with van der Waals surface area (Å²) in [6.07, 6.45) is -4.58. The number of carboxylic acids is 2. The number of rotatable bonds is 4. The van der Waals surface area contributed by atoms with Crippen molar-refractivity contribution in [1.82, 2.24) is 20.8 Å². The van der Waals surface area contributed by atoms with E-state index in [-0.39, 0.29) is 23.4 Å². The standard InChI is InChI=1S/C24H22F2N4O.2C2HF3O2/c25-21-13-17(1-3-19(21)15-5-9-27-10-6-15)23-29-30-24(31-23)18-2-4-20(22(26)14-18)16-7-11-28-12-8-16;2*3-2(4,5)1(6)7/h1-5,7,13-14,27-28H,6,8-12H2;2*(H,6,7). The van der Waals surface area contributed by atoms with Crippen molar-refractivity contribution < 1.29 is 59.3 Å². The highest BCUT2D eigenvalue weighted by molar-refractivity contribution is 5.73. The lowest BCUT2D eigenvalue weighted by atomic mass is 9.98. The number of nitrogens with zero attached hydrogens (tertiary/aromatic N) is 2. The first-order valence-electron chi connectivity index (χ1n) is 12.9. The Morgan fingerprint density at radius 1 is 0.689 bits per heavy atom. The molecule has 242 valence electrons. The summed E-state index contributed by atoms with van der Waals surface area (Å²) in [6.45, 7) is 3.16. The fourth-order valence-electron chi connectivity index (χ4n) is 4.01. The number of nitrogens with one attached hydrogen (secondary N) is 2. The Bertz CT molecular complexity index is 1470. The third-order valence-corrected chi connectivity index (χ3v) is 6.16. The van der Waals surface area contributed by atoms with Gasteiger partial charge in [0.25, 0.3) is 0 Å². The Kier molecular flexibility index (Phi) is 11.5. The van der Waals surface area contributed by atoms with Crippen LogP contribution in [-0.2, 0) is 9.59 Å². The third kappa shape index (κ3) is 9.94. The van der Waals surface area contributed by atoms with Gasteiger partial charge in [0.2, 0.25) is 11.8 Å². The topological polar surface area (TPSA) is 138 Å². The van der Waals surface area contributed by atoms with Gasteiger partial charge in [-0.05, 0) is 61.3 Å². The lowest BCUT2D eigenvalue weighted by Crippen LogP contribution is -2.21. The van der Waals surface area contributed by atoms with Crippen LogP contribution in [0.1, 0.15) is 24.0 Å². The molecule has 4 N–H and O–H groups in total. The molecule has 2 aliphatic heterocycles. The highest BCUT2D eigenvalue weighted by atomic mass is 19.4. The van der Waals surface area contributed by atoms with Crippen molar-refractivity contribution in [2.75, 3.05) is 26.2 Å². The molecule has 0 saturated heterocycles. The molecule has 45 heavy (non-hydrogen) atoms. The molecule has 2 aromatic carbocycles. The summed E-state index contributed by atoms with van der Waals surface area (Å²) in [4.78, 5) is 17.8. The molecule has 0 aliphatic carbocycles. The van der Waals surface area contributed by atoms with E-state index in [1.165, 1.54) is 12.1 Å². The smallest absolute Gasteiger partial charge is 0.475 e. The molecule has 0 unspecified atom stereocenters. The van der Waals surface area contributed by atoms with Gasteiger partial charge in [0.1, 0.15) is 11.6 Å². The predicted molar refractivity (Wildman–Crippen MR) is 143 cm³/mol. The zero-order valence-corrected chi connectivity index (χ0v) is 22.9. The van der Waals surface area contributed by atoms with E-state index in [9.17, 15) is 35.1 Å². The first-order chi connectivity index (χ1) is 21.1. The summed E-state index contributed by atoms with van der Waals surface area (Å²) in [7, 11) is 0. The molecule has 3 heterocycles. The number of benzene rings is 2. The van der Waals surface area contributed by atoms with Crippen LogP contribution < -0.4 is 10.6 Å². The summed E-state index contributed by atoms with van der Waals surface area (Å²) in [6, 6.07) is 9.84. The maximum atomic E-state index is 14.7. The summed E-state index contributed by atoms with van der Waals surface area (Å²) < 4.78 is 98.6. The molecule has 17 heteroatoms. The normalized spacial score (nSPS) is 15.0. The van der Waals surface area contributed by atoms with Crippen molar-refractivity contribution >= 4 is 23.1 Å². The van der Waals surface area contributed by atoms with E-state index in [2.05, 4.69) is 20.8 Å². The second kappa shape index (κ2) is 14.9. The Balaban J connectivity index is 0.000000331. The maximum absolute atomic E-state index is 14.7. The summed E-state index contributed by atoms with van der Waals surface area (Å²) in [5, 5.41) is 28.8. The van der Waals surface area contributed by atoms with Crippen LogP contribution >= 0.6 is 0 Å². The van der Waals surface area contributed by atoms with E-state index in [1.807, 2.05) is 12.2 Å². The Labute approximate surface area is 249 Å². The van der Waals surface area contributed by atoms with Gasteiger partial charge >= 0.3 is 24.3 Å². The molecule has 3 aromatic rings. The molecule has 0 bridgehead atoms. The molecule has 9 nitrogen and oxygen atoms in total. The van der Waals surface area contributed by atoms with Crippen molar-refractivity contribution in [2.24, 2.45) is 0 Å². The fourth-order valence-corrected chi connectivity index (χ4v) is 4.01. The van der Waals surface area contributed by atoms with Crippen LogP contribution in [0.15, 0.2) is 53.0 Å². The van der Waals surface area contributed by atoms with E-state index in [4.69, 9.17) is 24.2 Å². The molecule has 0 radical (unpaired) electrons. The third-order valence-electron chi connectivity index (χ3n) is 6.16. The Hall–Kier alpha value is -4.64. The van der Waals surface area contributed by atoms with Gasteiger partial charge in [-0.2, -0.15) is 26.3 Å². The molecule has 2 aliphatic rings. The second-order valence-corrected chi connectivity index (χ2v) is 9.27. The molecule has 1 aromatic heterocycles. The van der Waals surface area contributed by atoms with Crippen LogP contribution in [0.4, 0.5) is 35.1 Å². The second-order valence-electron chi connectivity index (χ2n) is 9.27. The van der Waals surface area contributed by atoms with Crippen LogP contribution in [0.25, 0.3) is 34.1 Å². The van der Waals surface area contributed by atoms with Crippen LogP contribution in [0, 0.1) is 11.6 Å². The zero-order chi connectivity index (χ0) is 33.4. The zero-order valence-electron chi connectivity index (χ0n) is 22.9. The average molecular weight is 649 g/mol. The fraction of sp³-hybridized carbons (Fsp3) is 0.286. The quantitative estimate of drug-likeness (QED) is 0.263. The monoisotopic (exact) mass is 648 g/mol. The van der Waals surface area contributed by atoms with Gasteiger partial charge in [0, 0.05) is 35.3 Å². The number of carboxylic acid groups (broad SMARTS) is 2. The molecule has 0 saturated carbocycles. The van der Waals surface area contributed by atoms with Crippen LogP contribution in [0.3, 0.4) is 0 Å². The van der Waals surface area contributed by atoms with E-state index < -0.39 is 24.3 Å². The molecule has 0 atom stereocenters. The van der Waals surface area contributed by atoms with Gasteiger partial charge in [0.05, 0.1) is 0 Å². The highest BCUT2D eigenvalue weighted by Crippen LogP contribution is 2.31. The molecule has 0 spiro atoms. The maximum Gasteiger partial charge on any atom is 0.490 e. The summed E-state index contributed by atoms with van der Waals surface area (Å²) >= 11 is 0. The van der Waals surface area contributed by atoms with Gasteiger partial charge in [0.15, 0.2) is 0 Å². The first kappa shape index (κ1) is 34.8. The Morgan fingerprint density at radius 3 is 1.31 bits per heavy atom. The molecule has 5 rings (SSSR count). The van der Waals surface area contributed by atoms with Crippen molar-refractivity contribution in [3.63, 3.8) is 0 Å².